The summed E-state index contributed by atoms with van der Waals surface area (Å²) in [4.78, 5) is 7.43. The van der Waals surface area contributed by atoms with Gasteiger partial charge in [0.05, 0.1) is 19.2 Å². The highest BCUT2D eigenvalue weighted by atomic mass is 79.9. The van der Waals surface area contributed by atoms with Crippen LogP contribution in [0.3, 0.4) is 0 Å². The highest BCUT2D eigenvalue weighted by molar-refractivity contribution is 9.11. The van der Waals surface area contributed by atoms with Gasteiger partial charge in [0.25, 0.3) is 0 Å². The summed E-state index contributed by atoms with van der Waals surface area (Å²) in [7, 11) is 1.59. The Balaban J connectivity index is 2.65. The molecule has 0 bridgehead atoms. The van der Waals surface area contributed by atoms with E-state index in [0.29, 0.717) is 17.2 Å². The number of methoxy groups -OCH3 is 1. The van der Waals surface area contributed by atoms with Crippen LogP contribution in [0.1, 0.15) is 0 Å². The molecule has 2 heterocycles. The smallest absolute Gasteiger partial charge is 0.215 e. The third-order valence-electron chi connectivity index (χ3n) is 2.13. The van der Waals surface area contributed by atoms with Crippen LogP contribution in [0.15, 0.2) is 23.2 Å². The topological polar surface area (TPSA) is 42.8 Å². The van der Waals surface area contributed by atoms with Gasteiger partial charge >= 0.3 is 0 Å². The second-order valence-electron chi connectivity index (χ2n) is 3.26. The number of imidazole rings is 1. The molecule has 0 fully saturated rings. The number of aromatic nitrogens is 3. The number of hydrogen-bond donors (Lipinski definition) is 1. The molecule has 0 aliphatic rings. The fourth-order valence-electron chi connectivity index (χ4n) is 1.45. The summed E-state index contributed by atoms with van der Waals surface area (Å²) >= 11 is 8.53. The number of nitrogens with zero attached hydrogens (tertiary/aromatic N) is 2. The first kappa shape index (κ1) is 11.3. The molecule has 0 amide bonds. The van der Waals surface area contributed by atoms with E-state index in [4.69, 9.17) is 17.0 Å². The summed E-state index contributed by atoms with van der Waals surface area (Å²) in [5.74, 6) is 0.565. The van der Waals surface area contributed by atoms with Crippen molar-refractivity contribution in [1.29, 1.82) is 0 Å². The van der Waals surface area contributed by atoms with Gasteiger partial charge in [-0.2, -0.15) is 4.98 Å². The zero-order chi connectivity index (χ0) is 11.7. The minimum atomic E-state index is 0.565. The lowest BCUT2D eigenvalue weighted by Crippen LogP contribution is -1.99. The number of ether oxygens (including phenoxy) is 1. The average Bonchev–Trinajstić information content (AvgIpc) is 2.54. The highest BCUT2D eigenvalue weighted by Gasteiger charge is 2.07. The second-order valence-corrected chi connectivity index (χ2v) is 4.77. The monoisotopic (exact) mass is 299 g/mol. The summed E-state index contributed by atoms with van der Waals surface area (Å²) in [6.07, 6.45) is 0. The molecule has 6 heteroatoms. The Morgan fingerprint density at radius 1 is 1.69 bits per heavy atom. The van der Waals surface area contributed by atoms with E-state index in [2.05, 4.69) is 32.5 Å². The molecule has 2 aromatic rings. The quantitative estimate of drug-likeness (QED) is 0.886. The van der Waals surface area contributed by atoms with E-state index in [-0.39, 0.29) is 0 Å². The molecular weight excluding hydrogens is 290 g/mol. The Morgan fingerprint density at radius 2 is 2.44 bits per heavy atom. The van der Waals surface area contributed by atoms with Crippen LogP contribution in [-0.2, 0) is 6.54 Å². The minimum absolute atomic E-state index is 0.565. The van der Waals surface area contributed by atoms with Crippen molar-refractivity contribution in [2.75, 3.05) is 7.11 Å². The van der Waals surface area contributed by atoms with E-state index >= 15 is 0 Å². The Bertz CT molecular complexity index is 602. The summed E-state index contributed by atoms with van der Waals surface area (Å²) < 4.78 is 8.41. The molecule has 1 N–H and O–H groups in total. The number of nitrogens with one attached hydrogen (secondary N) is 1. The van der Waals surface area contributed by atoms with Crippen LogP contribution in [0.5, 0.6) is 5.88 Å². The van der Waals surface area contributed by atoms with Crippen molar-refractivity contribution < 1.29 is 4.74 Å². The van der Waals surface area contributed by atoms with E-state index in [1.807, 2.05) is 10.6 Å². The first-order chi connectivity index (χ1) is 7.61. The van der Waals surface area contributed by atoms with E-state index < -0.39 is 0 Å². The molecule has 0 radical (unpaired) electrons. The van der Waals surface area contributed by atoms with E-state index in [1.54, 1.807) is 13.2 Å². The molecule has 0 unspecified atom stereocenters. The zero-order valence-corrected chi connectivity index (χ0v) is 11.1. The summed E-state index contributed by atoms with van der Waals surface area (Å²) in [5.41, 5.74) is 1.66. The third kappa shape index (κ3) is 2.03. The van der Waals surface area contributed by atoms with Crippen LogP contribution in [0.2, 0.25) is 0 Å². The predicted molar refractivity (Wildman–Crippen MR) is 69.5 cm³/mol. The third-order valence-corrected chi connectivity index (χ3v) is 2.70. The van der Waals surface area contributed by atoms with E-state index in [9.17, 15) is 0 Å². The molecule has 0 aromatic carbocycles. The molecule has 4 nitrogen and oxygen atoms in total. The van der Waals surface area contributed by atoms with Gasteiger partial charge in [0.2, 0.25) is 5.88 Å². The van der Waals surface area contributed by atoms with Crippen LogP contribution in [0.4, 0.5) is 0 Å². The molecule has 2 rings (SSSR count). The maximum Gasteiger partial charge on any atom is 0.215 e. The molecule has 84 valence electrons. The van der Waals surface area contributed by atoms with Crippen molar-refractivity contribution in [2.24, 2.45) is 0 Å². The molecule has 0 saturated carbocycles. The molecule has 0 atom stereocenters. The maximum absolute atomic E-state index is 5.22. The Hall–Kier alpha value is -1.14. The number of fused-ring (bicyclic) bond motifs is 1. The molecular formula is C10H10BrN3OS. The number of hydrogen-bond acceptors (Lipinski definition) is 3. The number of H-pyrrole nitrogens is 1. The largest absolute Gasteiger partial charge is 0.481 e. The lowest BCUT2D eigenvalue weighted by atomic mass is 10.4. The van der Waals surface area contributed by atoms with Crippen molar-refractivity contribution in [3.05, 3.63) is 28.0 Å². The zero-order valence-electron chi connectivity index (χ0n) is 8.66. The van der Waals surface area contributed by atoms with Gasteiger partial charge in [-0.05, 0) is 18.3 Å². The normalized spacial score (nSPS) is 10.6. The van der Waals surface area contributed by atoms with Crippen LogP contribution in [0.25, 0.3) is 11.2 Å². The van der Waals surface area contributed by atoms with E-state index in [0.717, 1.165) is 15.6 Å². The number of rotatable bonds is 3. The Morgan fingerprint density at radius 3 is 3.06 bits per heavy atom. The van der Waals surface area contributed by atoms with Crippen LogP contribution >= 0.6 is 28.1 Å². The lowest BCUT2D eigenvalue weighted by molar-refractivity contribution is 0.399. The van der Waals surface area contributed by atoms with Crippen molar-refractivity contribution in [2.45, 2.75) is 6.54 Å². The maximum atomic E-state index is 5.22. The van der Waals surface area contributed by atoms with Crippen molar-refractivity contribution >= 4 is 39.3 Å². The SMILES string of the molecule is C=C(Br)Cn1c(=S)[nH]c2ccc(OC)nc21. The van der Waals surface area contributed by atoms with E-state index in [1.165, 1.54) is 0 Å². The molecule has 2 aromatic heterocycles. The standard InChI is InChI=1S/C10H10BrN3OS/c1-6(11)5-14-9-7(12-10(14)16)3-4-8(13-9)15-2/h3-4H,1,5H2,2H3,(H,12,16). The van der Waals surface area contributed by atoms with Gasteiger partial charge in [-0.25, -0.2) is 0 Å². The first-order valence-corrected chi connectivity index (χ1v) is 5.79. The molecule has 0 spiro atoms. The molecule has 0 aliphatic heterocycles. The van der Waals surface area contributed by atoms with Crippen molar-refractivity contribution in [1.82, 2.24) is 14.5 Å². The second kappa shape index (κ2) is 4.39. The van der Waals surface area contributed by atoms with Crippen molar-refractivity contribution in [3.8, 4) is 5.88 Å². The fourth-order valence-corrected chi connectivity index (χ4v) is 1.96. The van der Waals surface area contributed by atoms with Gasteiger partial charge in [0.1, 0.15) is 0 Å². The summed E-state index contributed by atoms with van der Waals surface area (Å²) in [6, 6.07) is 3.69. The Kier molecular flexibility index (Phi) is 3.11. The van der Waals surface area contributed by atoms with Gasteiger partial charge in [0.15, 0.2) is 10.4 Å². The lowest BCUT2D eigenvalue weighted by Gasteiger charge is -2.03. The van der Waals surface area contributed by atoms with Gasteiger partial charge < -0.3 is 9.72 Å². The van der Waals surface area contributed by atoms with Crippen molar-refractivity contribution in [3.63, 3.8) is 0 Å². The van der Waals surface area contributed by atoms with Crippen LogP contribution in [0, 0.1) is 4.77 Å². The number of pyridine rings is 1. The predicted octanol–water partition coefficient (Wildman–Crippen LogP) is 3.01. The molecule has 0 saturated heterocycles. The first-order valence-electron chi connectivity index (χ1n) is 4.58. The van der Waals surface area contributed by atoms with Gasteiger partial charge in [-0.1, -0.05) is 22.5 Å². The Labute approximate surface area is 106 Å². The van der Waals surface area contributed by atoms with Gasteiger partial charge in [-0.3, -0.25) is 4.57 Å². The average molecular weight is 300 g/mol. The number of halogens is 1. The molecule has 16 heavy (non-hydrogen) atoms. The minimum Gasteiger partial charge on any atom is -0.481 e. The summed E-state index contributed by atoms with van der Waals surface area (Å²) in [6.45, 7) is 4.38. The summed E-state index contributed by atoms with van der Waals surface area (Å²) in [5, 5.41) is 0. The van der Waals surface area contributed by atoms with Gasteiger partial charge in [-0.15, -0.1) is 0 Å². The number of aromatic amines is 1. The van der Waals surface area contributed by atoms with Crippen LogP contribution < -0.4 is 4.74 Å². The van der Waals surface area contributed by atoms with Crippen LogP contribution in [-0.4, -0.2) is 21.6 Å². The fraction of sp³-hybridized carbons (Fsp3) is 0.200. The number of allylic oxidation sites excluding steroid dienone is 1. The van der Waals surface area contributed by atoms with Gasteiger partial charge in [0, 0.05) is 10.5 Å². The molecule has 0 aliphatic carbocycles. The highest BCUT2D eigenvalue weighted by Crippen LogP contribution is 2.18.